The summed E-state index contributed by atoms with van der Waals surface area (Å²) in [5.41, 5.74) is 2.98. The molecule has 29 heavy (non-hydrogen) atoms. The van der Waals surface area contributed by atoms with E-state index in [2.05, 4.69) is 20.8 Å². The van der Waals surface area contributed by atoms with Crippen molar-refractivity contribution in [1.82, 2.24) is 15.5 Å². The van der Waals surface area contributed by atoms with Crippen LogP contribution in [0.2, 0.25) is 0 Å². The molecular formula is C21H22N4O4. The summed E-state index contributed by atoms with van der Waals surface area (Å²) in [7, 11) is 0. The van der Waals surface area contributed by atoms with E-state index in [0.29, 0.717) is 23.0 Å². The first kappa shape index (κ1) is 20.1. The van der Waals surface area contributed by atoms with Crippen LogP contribution >= 0.6 is 0 Å². The van der Waals surface area contributed by atoms with E-state index in [1.165, 1.54) is 0 Å². The van der Waals surface area contributed by atoms with Gasteiger partial charge in [0.1, 0.15) is 5.75 Å². The van der Waals surface area contributed by atoms with E-state index in [0.717, 1.165) is 16.8 Å². The van der Waals surface area contributed by atoms with Crippen LogP contribution in [-0.2, 0) is 11.4 Å². The van der Waals surface area contributed by atoms with Gasteiger partial charge in [-0.3, -0.25) is 9.59 Å². The van der Waals surface area contributed by atoms with Crippen molar-refractivity contribution in [3.63, 3.8) is 0 Å². The fourth-order valence-corrected chi connectivity index (χ4v) is 2.77. The molecule has 8 nitrogen and oxygen atoms in total. The van der Waals surface area contributed by atoms with Crippen LogP contribution in [0.25, 0.3) is 0 Å². The monoisotopic (exact) mass is 394 g/mol. The molecule has 1 aromatic heterocycles. The summed E-state index contributed by atoms with van der Waals surface area (Å²) in [6.45, 7) is 5.42. The number of amides is 2. The second-order valence-corrected chi connectivity index (χ2v) is 6.51. The predicted octanol–water partition coefficient (Wildman–Crippen LogP) is 2.94. The molecule has 2 amide bonds. The van der Waals surface area contributed by atoms with Crippen molar-refractivity contribution >= 4 is 17.5 Å². The van der Waals surface area contributed by atoms with Gasteiger partial charge in [0.05, 0.1) is 12.1 Å². The third-order valence-corrected chi connectivity index (χ3v) is 4.21. The highest BCUT2D eigenvalue weighted by Gasteiger charge is 2.15. The molecule has 0 aliphatic rings. The Morgan fingerprint density at radius 1 is 1.03 bits per heavy atom. The van der Waals surface area contributed by atoms with E-state index in [1.54, 1.807) is 31.2 Å². The van der Waals surface area contributed by atoms with Crippen LogP contribution in [0.1, 0.15) is 33.2 Å². The van der Waals surface area contributed by atoms with Crippen LogP contribution in [0, 0.1) is 20.8 Å². The molecule has 3 rings (SSSR count). The molecule has 0 spiro atoms. The molecule has 0 unspecified atom stereocenters. The summed E-state index contributed by atoms with van der Waals surface area (Å²) >= 11 is 0. The number of rotatable bonds is 7. The number of aromatic nitrogens is 2. The first-order chi connectivity index (χ1) is 13.9. The third-order valence-electron chi connectivity index (χ3n) is 4.21. The lowest BCUT2D eigenvalue weighted by molar-refractivity contribution is -0.115. The Hall–Kier alpha value is -3.68. The average Bonchev–Trinajstić information content (AvgIpc) is 3.13. The van der Waals surface area contributed by atoms with Crippen LogP contribution in [0.3, 0.4) is 0 Å². The minimum Gasteiger partial charge on any atom is -0.485 e. The normalized spacial score (nSPS) is 10.4. The first-order valence-electron chi connectivity index (χ1n) is 9.09. The number of anilines is 1. The summed E-state index contributed by atoms with van der Waals surface area (Å²) in [5, 5.41) is 9.21. The number of ether oxygens (including phenoxy) is 1. The summed E-state index contributed by atoms with van der Waals surface area (Å²) < 4.78 is 10.5. The fourth-order valence-electron chi connectivity index (χ4n) is 2.77. The van der Waals surface area contributed by atoms with Gasteiger partial charge in [-0.1, -0.05) is 35.5 Å². The number of hydrogen-bond donors (Lipinski definition) is 2. The van der Waals surface area contributed by atoms with Crippen molar-refractivity contribution < 1.29 is 18.8 Å². The van der Waals surface area contributed by atoms with Crippen molar-refractivity contribution in [1.29, 1.82) is 0 Å². The smallest absolute Gasteiger partial charge is 0.255 e. The van der Waals surface area contributed by atoms with Gasteiger partial charge in [-0.25, -0.2) is 0 Å². The zero-order chi connectivity index (χ0) is 20.8. The molecule has 8 heteroatoms. The molecule has 0 aliphatic heterocycles. The highest BCUT2D eigenvalue weighted by atomic mass is 16.5. The van der Waals surface area contributed by atoms with Gasteiger partial charge < -0.3 is 19.9 Å². The number of nitrogens with one attached hydrogen (secondary N) is 2. The molecule has 0 saturated carbocycles. The molecule has 150 valence electrons. The van der Waals surface area contributed by atoms with E-state index < -0.39 is 5.91 Å². The van der Waals surface area contributed by atoms with Gasteiger partial charge in [-0.2, -0.15) is 4.98 Å². The largest absolute Gasteiger partial charge is 0.485 e. The van der Waals surface area contributed by atoms with Crippen molar-refractivity contribution in [2.24, 2.45) is 0 Å². The first-order valence-corrected chi connectivity index (χ1v) is 9.09. The second kappa shape index (κ2) is 9.01. The van der Waals surface area contributed by atoms with Crippen molar-refractivity contribution in [2.75, 3.05) is 11.9 Å². The van der Waals surface area contributed by atoms with Crippen molar-refractivity contribution in [3.8, 4) is 5.75 Å². The summed E-state index contributed by atoms with van der Waals surface area (Å²) in [6, 6.07) is 12.5. The molecular weight excluding hydrogens is 372 g/mol. The molecule has 1 heterocycles. The Bertz CT molecular complexity index is 1010. The number of benzene rings is 2. The van der Waals surface area contributed by atoms with E-state index in [-0.39, 0.29) is 19.1 Å². The summed E-state index contributed by atoms with van der Waals surface area (Å²) in [4.78, 5) is 28.9. The Labute approximate surface area is 168 Å². The minimum atomic E-state index is -0.415. The number of para-hydroxylation sites is 2. The lowest BCUT2D eigenvalue weighted by atomic mass is 10.1. The van der Waals surface area contributed by atoms with E-state index in [4.69, 9.17) is 9.26 Å². The van der Waals surface area contributed by atoms with Gasteiger partial charge in [0.15, 0.2) is 6.61 Å². The molecule has 3 aromatic rings. The van der Waals surface area contributed by atoms with Gasteiger partial charge in [0, 0.05) is 12.6 Å². The number of aryl methyl sites for hydroxylation is 3. The number of nitrogens with zero attached hydrogens (tertiary/aromatic N) is 2. The van der Waals surface area contributed by atoms with Crippen LogP contribution < -0.4 is 15.4 Å². The lowest BCUT2D eigenvalue weighted by Gasteiger charge is -2.13. The molecule has 0 radical (unpaired) electrons. The van der Waals surface area contributed by atoms with Crippen molar-refractivity contribution in [2.45, 2.75) is 27.4 Å². The van der Waals surface area contributed by atoms with Gasteiger partial charge in [-0.15, -0.1) is 0 Å². The second-order valence-electron chi connectivity index (χ2n) is 6.51. The zero-order valence-electron chi connectivity index (χ0n) is 16.5. The predicted molar refractivity (Wildman–Crippen MR) is 107 cm³/mol. The van der Waals surface area contributed by atoms with E-state index in [9.17, 15) is 9.59 Å². The molecule has 0 fully saturated rings. The quantitative estimate of drug-likeness (QED) is 0.638. The van der Waals surface area contributed by atoms with E-state index >= 15 is 0 Å². The maximum atomic E-state index is 12.6. The maximum Gasteiger partial charge on any atom is 0.255 e. The highest BCUT2D eigenvalue weighted by Crippen LogP contribution is 2.20. The Morgan fingerprint density at radius 3 is 2.45 bits per heavy atom. The minimum absolute atomic E-state index is 0.0642. The fraction of sp³-hybridized carbons (Fsp3) is 0.238. The maximum absolute atomic E-state index is 12.6. The molecule has 2 N–H and O–H groups in total. The highest BCUT2D eigenvalue weighted by molar-refractivity contribution is 6.01. The van der Waals surface area contributed by atoms with Gasteiger partial charge >= 0.3 is 0 Å². The van der Waals surface area contributed by atoms with E-state index in [1.807, 2.05) is 32.0 Å². The number of carbonyl (C=O) groups is 2. The van der Waals surface area contributed by atoms with Gasteiger partial charge in [0.25, 0.3) is 5.91 Å². The molecule has 0 bridgehead atoms. The number of carbonyl (C=O) groups excluding carboxylic acids is 2. The lowest BCUT2D eigenvalue weighted by Crippen LogP contribution is -2.33. The molecule has 0 aliphatic carbocycles. The average molecular weight is 394 g/mol. The number of hydrogen-bond acceptors (Lipinski definition) is 6. The Morgan fingerprint density at radius 2 is 1.76 bits per heavy atom. The summed E-state index contributed by atoms with van der Waals surface area (Å²) in [6.07, 6.45) is 0. The Kier molecular flexibility index (Phi) is 6.23. The van der Waals surface area contributed by atoms with Crippen LogP contribution in [0.4, 0.5) is 5.69 Å². The van der Waals surface area contributed by atoms with Crippen LogP contribution in [0.15, 0.2) is 47.0 Å². The van der Waals surface area contributed by atoms with Crippen LogP contribution in [-0.4, -0.2) is 28.5 Å². The standard InChI is InChI=1S/C21H22N4O4/c1-13-7-6-8-14(2)20(13)24-19(26)11-22-21(27)16-9-4-5-10-17(16)28-12-18-23-15(3)29-25-18/h4-10H,11-12H2,1-3H3,(H,22,27)(H,24,26). The zero-order valence-corrected chi connectivity index (χ0v) is 16.5. The summed E-state index contributed by atoms with van der Waals surface area (Å²) in [5.74, 6) is 0.454. The SMILES string of the molecule is Cc1nc(COc2ccccc2C(=O)NCC(=O)Nc2c(C)cccc2C)no1. The molecule has 2 aromatic carbocycles. The third kappa shape index (κ3) is 5.19. The Balaban J connectivity index is 1.60. The molecule has 0 atom stereocenters. The van der Waals surface area contributed by atoms with Gasteiger partial charge in [0.2, 0.25) is 17.6 Å². The van der Waals surface area contributed by atoms with Crippen molar-refractivity contribution in [3.05, 3.63) is 70.9 Å². The molecule has 0 saturated heterocycles. The topological polar surface area (TPSA) is 106 Å². The van der Waals surface area contributed by atoms with Crippen LogP contribution in [0.5, 0.6) is 5.75 Å². The van der Waals surface area contributed by atoms with Gasteiger partial charge in [-0.05, 0) is 37.1 Å².